The molecule has 4 N–H and O–H groups in total. The maximum Gasteiger partial charge on any atom is 0.416 e. The number of aliphatic hydroxyl groups is 1. The largest absolute Gasteiger partial charge is 0.416 e. The van der Waals surface area contributed by atoms with E-state index >= 15 is 0 Å². The minimum absolute atomic E-state index is 0.0318. The van der Waals surface area contributed by atoms with Crippen molar-refractivity contribution in [1.29, 1.82) is 0 Å². The Hall–Kier alpha value is -3.80. The van der Waals surface area contributed by atoms with Crippen LogP contribution in [0.1, 0.15) is 40.4 Å². The van der Waals surface area contributed by atoms with Crippen molar-refractivity contribution in [2.45, 2.75) is 39.0 Å². The highest BCUT2D eigenvalue weighted by Gasteiger charge is 2.49. The van der Waals surface area contributed by atoms with E-state index in [2.05, 4.69) is 25.7 Å². The van der Waals surface area contributed by atoms with Gasteiger partial charge >= 0.3 is 6.18 Å². The molecule has 0 saturated heterocycles. The van der Waals surface area contributed by atoms with Crippen molar-refractivity contribution in [3.63, 3.8) is 0 Å². The first-order chi connectivity index (χ1) is 15.9. The minimum atomic E-state index is -4.78. The molecule has 1 aromatic carbocycles. The fourth-order valence-corrected chi connectivity index (χ4v) is 3.20. The zero-order valence-corrected chi connectivity index (χ0v) is 18.8. The van der Waals surface area contributed by atoms with Crippen LogP contribution in [-0.4, -0.2) is 44.8 Å². The van der Waals surface area contributed by atoms with Crippen LogP contribution < -0.4 is 11.2 Å². The normalized spacial score (nSPS) is 14.5. The van der Waals surface area contributed by atoms with E-state index < -0.39 is 24.7 Å². The maximum absolute atomic E-state index is 12.9. The number of alkyl halides is 3. The van der Waals surface area contributed by atoms with Gasteiger partial charge in [0, 0.05) is 23.9 Å². The van der Waals surface area contributed by atoms with Gasteiger partial charge in [0.2, 0.25) is 0 Å². The summed E-state index contributed by atoms with van der Waals surface area (Å²) < 4.78 is 39.9. The second-order valence-electron chi connectivity index (χ2n) is 7.96. The number of benzene rings is 1. The molecule has 1 unspecified atom stereocenters. The second-order valence-corrected chi connectivity index (χ2v) is 7.96. The summed E-state index contributed by atoms with van der Waals surface area (Å²) in [5, 5.41) is 27.6. The van der Waals surface area contributed by atoms with Gasteiger partial charge < -0.3 is 16.3 Å². The van der Waals surface area contributed by atoms with Crippen molar-refractivity contribution in [1.82, 2.24) is 9.61 Å². The number of hydrogen-bond acceptors (Lipinski definition) is 6. The Balaban J connectivity index is 1.80. The van der Waals surface area contributed by atoms with Crippen LogP contribution in [0.2, 0.25) is 0 Å². The van der Waals surface area contributed by atoms with Crippen LogP contribution in [-0.2, 0) is 0 Å². The van der Waals surface area contributed by atoms with Crippen molar-refractivity contribution in [2.75, 3.05) is 11.9 Å². The van der Waals surface area contributed by atoms with Gasteiger partial charge in [-0.05, 0) is 50.1 Å². The first kappa shape index (κ1) is 24.8. The molecule has 12 heteroatoms. The first-order valence-electron chi connectivity index (χ1n) is 10.2. The monoisotopic (exact) mass is 475 g/mol. The number of hydrazone groups is 1. The van der Waals surface area contributed by atoms with Gasteiger partial charge in [-0.15, -0.1) is 5.11 Å². The highest BCUT2D eigenvalue weighted by Crippen LogP contribution is 2.32. The van der Waals surface area contributed by atoms with E-state index in [9.17, 15) is 23.1 Å². The van der Waals surface area contributed by atoms with Crippen LogP contribution in [0.25, 0.3) is 5.52 Å². The molecular weight excluding hydrogens is 451 g/mol. The lowest BCUT2D eigenvalue weighted by atomic mass is 10.0. The molecule has 9 nitrogen and oxygen atoms in total. The standard InChI is InChI=1S/C22H24F3N7O2/c1-13-10-14(2)17(29-20(33)16-12-28-32-9-5-4-6-18(16)32)11-15(13)19(30-26)31-27-8-7-21(3,34)22(23,24)25/h4-6,9-12,34H,7-8,26H2,1-3H3,(H,29,33)/b30-19-,31-27?. The lowest BCUT2D eigenvalue weighted by Gasteiger charge is -2.25. The number of hydrogen-bond donors (Lipinski definition) is 3. The molecule has 3 rings (SSSR count). The van der Waals surface area contributed by atoms with Crippen molar-refractivity contribution in [3.8, 4) is 0 Å². The number of carbonyl (C=O) groups excluding carboxylic acids is 1. The number of amides is 1. The molecule has 0 aliphatic heterocycles. The van der Waals surface area contributed by atoms with Crippen LogP contribution in [0.15, 0.2) is 58.1 Å². The average molecular weight is 475 g/mol. The van der Waals surface area contributed by atoms with Gasteiger partial charge in [-0.25, -0.2) is 4.52 Å². The van der Waals surface area contributed by atoms with E-state index in [1.807, 2.05) is 6.92 Å². The third-order valence-electron chi connectivity index (χ3n) is 5.33. The molecule has 0 radical (unpaired) electrons. The van der Waals surface area contributed by atoms with Crippen LogP contribution in [0.4, 0.5) is 18.9 Å². The van der Waals surface area contributed by atoms with Gasteiger partial charge in [-0.3, -0.25) is 4.79 Å². The molecule has 34 heavy (non-hydrogen) atoms. The highest BCUT2D eigenvalue weighted by molar-refractivity contribution is 6.10. The first-order valence-corrected chi connectivity index (χ1v) is 10.2. The van der Waals surface area contributed by atoms with E-state index in [-0.39, 0.29) is 11.7 Å². The molecular formula is C22H24F3N7O2. The number of nitrogens with two attached hydrogens (primary N) is 1. The lowest BCUT2D eigenvalue weighted by molar-refractivity contribution is -0.254. The number of azo groups is 1. The van der Waals surface area contributed by atoms with E-state index in [4.69, 9.17) is 5.84 Å². The smallest absolute Gasteiger partial charge is 0.381 e. The van der Waals surface area contributed by atoms with Crippen molar-refractivity contribution < 1.29 is 23.1 Å². The van der Waals surface area contributed by atoms with Crippen molar-refractivity contribution in [2.24, 2.45) is 21.2 Å². The fraction of sp³-hybridized carbons (Fsp3) is 0.318. The number of fused-ring (bicyclic) bond motifs is 1. The Bertz CT molecular complexity index is 1260. The van der Waals surface area contributed by atoms with Crippen molar-refractivity contribution >= 4 is 22.9 Å². The molecule has 2 aromatic heterocycles. The summed E-state index contributed by atoms with van der Waals surface area (Å²) in [6, 6.07) is 8.77. The summed E-state index contributed by atoms with van der Waals surface area (Å²) in [5.41, 5.74) is 0.523. The molecule has 0 aliphatic rings. The molecule has 2 heterocycles. The molecule has 0 fully saturated rings. The van der Waals surface area contributed by atoms with E-state index in [1.54, 1.807) is 48.0 Å². The summed E-state index contributed by atoms with van der Waals surface area (Å²) in [6.07, 6.45) is -2.27. The second kappa shape index (κ2) is 9.59. The molecule has 3 aromatic rings. The fourth-order valence-electron chi connectivity index (χ4n) is 3.20. The summed E-state index contributed by atoms with van der Waals surface area (Å²) in [4.78, 5) is 12.9. The van der Waals surface area contributed by atoms with E-state index in [1.165, 1.54) is 6.20 Å². The number of anilines is 1. The van der Waals surface area contributed by atoms with Gasteiger partial charge in [-0.2, -0.15) is 28.5 Å². The molecule has 0 aliphatic carbocycles. The summed E-state index contributed by atoms with van der Waals surface area (Å²) in [6.45, 7) is 3.86. The number of aryl methyl sites for hydroxylation is 2. The summed E-state index contributed by atoms with van der Waals surface area (Å²) >= 11 is 0. The average Bonchev–Trinajstić information content (AvgIpc) is 3.19. The zero-order chi connectivity index (χ0) is 25.1. The number of amidine groups is 1. The van der Waals surface area contributed by atoms with Gasteiger partial charge in [0.15, 0.2) is 11.4 Å². The van der Waals surface area contributed by atoms with Crippen molar-refractivity contribution in [3.05, 3.63) is 65.0 Å². The summed E-state index contributed by atoms with van der Waals surface area (Å²) in [5.74, 6) is 5.04. The Morgan fingerprint density at radius 1 is 1.21 bits per heavy atom. The Morgan fingerprint density at radius 2 is 1.94 bits per heavy atom. The quantitative estimate of drug-likeness (QED) is 0.164. The number of nitrogens with zero attached hydrogens (tertiary/aromatic N) is 5. The number of nitrogens with one attached hydrogen (secondary N) is 1. The summed E-state index contributed by atoms with van der Waals surface area (Å²) in [7, 11) is 0. The number of carbonyl (C=O) groups is 1. The Kier molecular flexibility index (Phi) is 7.01. The molecule has 0 bridgehead atoms. The number of halogens is 3. The predicted molar refractivity (Wildman–Crippen MR) is 121 cm³/mol. The van der Waals surface area contributed by atoms with Crippen LogP contribution in [0.5, 0.6) is 0 Å². The molecule has 0 saturated carbocycles. The predicted octanol–water partition coefficient (Wildman–Crippen LogP) is 3.98. The molecule has 1 atom stereocenters. The minimum Gasteiger partial charge on any atom is -0.381 e. The molecule has 1 amide bonds. The third kappa shape index (κ3) is 5.22. The maximum atomic E-state index is 12.9. The Morgan fingerprint density at radius 3 is 2.62 bits per heavy atom. The highest BCUT2D eigenvalue weighted by atomic mass is 19.4. The number of aromatic nitrogens is 2. The van der Waals surface area contributed by atoms with E-state index in [0.29, 0.717) is 29.3 Å². The zero-order valence-electron chi connectivity index (χ0n) is 18.8. The van der Waals surface area contributed by atoms with Crippen LogP contribution in [0, 0.1) is 13.8 Å². The van der Waals surface area contributed by atoms with Gasteiger partial charge in [0.25, 0.3) is 5.91 Å². The van der Waals surface area contributed by atoms with Crippen LogP contribution in [0.3, 0.4) is 0 Å². The molecule has 180 valence electrons. The number of pyridine rings is 1. The number of rotatable bonds is 6. The SMILES string of the molecule is Cc1cc(C)c(/C(N=NCCC(C)(O)C(F)(F)F)=N/N)cc1NC(=O)c1cnn2ccccc12. The Labute approximate surface area is 193 Å². The van der Waals surface area contributed by atoms with E-state index in [0.717, 1.165) is 11.1 Å². The topological polar surface area (TPSA) is 130 Å². The third-order valence-corrected chi connectivity index (χ3v) is 5.33. The lowest BCUT2D eigenvalue weighted by Crippen LogP contribution is -2.42. The van der Waals surface area contributed by atoms with Gasteiger partial charge in [-0.1, -0.05) is 12.1 Å². The van der Waals surface area contributed by atoms with Crippen LogP contribution >= 0.6 is 0 Å². The van der Waals surface area contributed by atoms with Gasteiger partial charge in [0.05, 0.1) is 23.8 Å². The van der Waals surface area contributed by atoms with Gasteiger partial charge in [0.1, 0.15) is 0 Å². The molecule has 0 spiro atoms.